The normalized spacial score (nSPS) is 15.0. The Morgan fingerprint density at radius 2 is 1.57 bits per heavy atom. The summed E-state index contributed by atoms with van der Waals surface area (Å²) in [4.78, 5) is 0. The number of nitrogens with zero attached hydrogens (tertiary/aromatic N) is 2. The molecule has 0 N–H and O–H groups in total. The van der Waals surface area contributed by atoms with E-state index in [-0.39, 0.29) is 0 Å². The molecule has 0 saturated heterocycles. The van der Waals surface area contributed by atoms with Gasteiger partial charge in [-0.3, -0.25) is 0 Å². The molecule has 118 valence electrons. The van der Waals surface area contributed by atoms with Crippen LogP contribution in [-0.4, -0.2) is 5.71 Å². The first-order chi connectivity index (χ1) is 11.0. The van der Waals surface area contributed by atoms with Crippen molar-refractivity contribution in [2.75, 3.05) is 5.01 Å². The Morgan fingerprint density at radius 3 is 2.22 bits per heavy atom. The molecule has 0 radical (unpaired) electrons. The van der Waals surface area contributed by atoms with E-state index in [1.165, 1.54) is 5.57 Å². The minimum atomic E-state index is 0.733. The van der Waals surface area contributed by atoms with Crippen LogP contribution in [-0.2, 0) is 0 Å². The molecule has 0 fully saturated rings. The van der Waals surface area contributed by atoms with Crippen LogP contribution in [0.25, 0.3) is 5.70 Å². The van der Waals surface area contributed by atoms with Gasteiger partial charge in [-0.1, -0.05) is 35.3 Å². The molecule has 3 rings (SSSR count). The SMILES string of the molecule is CC1=NN(c2ccc(Cl)cc2C)C(c2ccc(Cl)cc2)=C(C)C1. The number of benzene rings is 2. The maximum absolute atomic E-state index is 6.10. The zero-order valence-corrected chi connectivity index (χ0v) is 14.9. The van der Waals surface area contributed by atoms with Gasteiger partial charge in [0.05, 0.1) is 11.4 Å². The number of hydrazone groups is 1. The molecule has 4 heteroatoms. The van der Waals surface area contributed by atoms with Gasteiger partial charge in [-0.2, -0.15) is 5.10 Å². The Bertz CT molecular complexity index is 805. The summed E-state index contributed by atoms with van der Waals surface area (Å²) in [5.74, 6) is 0. The largest absolute Gasteiger partial charge is 0.233 e. The minimum absolute atomic E-state index is 0.733. The van der Waals surface area contributed by atoms with Gasteiger partial charge in [-0.15, -0.1) is 0 Å². The summed E-state index contributed by atoms with van der Waals surface area (Å²) < 4.78 is 0. The van der Waals surface area contributed by atoms with Crippen LogP contribution in [0.5, 0.6) is 0 Å². The molecule has 0 saturated carbocycles. The van der Waals surface area contributed by atoms with Crippen molar-refractivity contribution in [3.05, 3.63) is 69.2 Å². The van der Waals surface area contributed by atoms with Crippen molar-refractivity contribution in [1.82, 2.24) is 0 Å². The van der Waals surface area contributed by atoms with E-state index in [4.69, 9.17) is 28.3 Å². The van der Waals surface area contributed by atoms with Crippen molar-refractivity contribution >= 4 is 40.3 Å². The van der Waals surface area contributed by atoms with Crippen LogP contribution in [0, 0.1) is 6.92 Å². The predicted molar refractivity (Wildman–Crippen MR) is 100 cm³/mol. The number of hydrogen-bond donors (Lipinski definition) is 0. The quantitative estimate of drug-likeness (QED) is 0.622. The number of allylic oxidation sites excluding steroid dienone is 1. The highest BCUT2D eigenvalue weighted by Crippen LogP contribution is 2.36. The molecule has 1 aliphatic heterocycles. The lowest BCUT2D eigenvalue weighted by atomic mass is 10.00. The highest BCUT2D eigenvalue weighted by Gasteiger charge is 2.22. The number of anilines is 1. The van der Waals surface area contributed by atoms with Gasteiger partial charge in [-0.25, -0.2) is 5.01 Å². The first kappa shape index (κ1) is 16.1. The second-order valence-electron chi connectivity index (χ2n) is 5.89. The average Bonchev–Trinajstić information content (AvgIpc) is 2.48. The summed E-state index contributed by atoms with van der Waals surface area (Å²) in [7, 11) is 0. The third-order valence-corrected chi connectivity index (χ3v) is 4.40. The molecule has 2 nitrogen and oxygen atoms in total. The summed E-state index contributed by atoms with van der Waals surface area (Å²) in [6.07, 6.45) is 0.876. The van der Waals surface area contributed by atoms with E-state index < -0.39 is 0 Å². The van der Waals surface area contributed by atoms with Crippen LogP contribution < -0.4 is 5.01 Å². The third kappa shape index (κ3) is 3.29. The lowest BCUT2D eigenvalue weighted by molar-refractivity contribution is 1.01. The molecule has 0 bridgehead atoms. The van der Waals surface area contributed by atoms with Gasteiger partial charge in [-0.05, 0) is 62.2 Å². The number of rotatable bonds is 2. The molecule has 1 aliphatic rings. The van der Waals surface area contributed by atoms with Crippen LogP contribution in [0.3, 0.4) is 0 Å². The van der Waals surface area contributed by atoms with E-state index in [1.807, 2.05) is 47.5 Å². The standard InChI is InChI=1S/C19H18Cl2N2/c1-12-11-17(21)8-9-18(12)23-19(13(2)10-14(3)22-23)15-4-6-16(20)7-5-15/h4-9,11H,10H2,1-3H3. The van der Waals surface area contributed by atoms with Gasteiger partial charge in [0.1, 0.15) is 0 Å². The van der Waals surface area contributed by atoms with Gasteiger partial charge in [0.25, 0.3) is 0 Å². The second kappa shape index (κ2) is 6.38. The molecule has 2 aromatic carbocycles. The highest BCUT2D eigenvalue weighted by atomic mass is 35.5. The van der Waals surface area contributed by atoms with E-state index in [1.54, 1.807) is 0 Å². The van der Waals surface area contributed by atoms with E-state index in [0.717, 1.165) is 44.7 Å². The molecule has 0 spiro atoms. The zero-order valence-electron chi connectivity index (χ0n) is 13.4. The summed E-state index contributed by atoms with van der Waals surface area (Å²) in [5, 5.41) is 8.27. The van der Waals surface area contributed by atoms with Crippen molar-refractivity contribution in [2.45, 2.75) is 27.2 Å². The Balaban J connectivity index is 2.14. The van der Waals surface area contributed by atoms with Gasteiger partial charge in [0.2, 0.25) is 0 Å². The molecule has 1 heterocycles. The molecular weight excluding hydrogens is 327 g/mol. The Morgan fingerprint density at radius 1 is 0.913 bits per heavy atom. The fourth-order valence-corrected chi connectivity index (χ4v) is 3.26. The van der Waals surface area contributed by atoms with Crippen molar-refractivity contribution in [1.29, 1.82) is 0 Å². The zero-order chi connectivity index (χ0) is 16.6. The predicted octanol–water partition coefficient (Wildman–Crippen LogP) is 6.32. The third-order valence-electron chi connectivity index (χ3n) is 3.91. The van der Waals surface area contributed by atoms with Gasteiger partial charge in [0, 0.05) is 27.7 Å². The second-order valence-corrected chi connectivity index (χ2v) is 6.76. The number of halogens is 2. The molecule has 0 aliphatic carbocycles. The topological polar surface area (TPSA) is 15.6 Å². The summed E-state index contributed by atoms with van der Waals surface area (Å²) in [5.41, 5.74) is 6.73. The summed E-state index contributed by atoms with van der Waals surface area (Å²) >= 11 is 12.1. The molecule has 0 amide bonds. The average molecular weight is 345 g/mol. The number of aryl methyl sites for hydroxylation is 1. The van der Waals surface area contributed by atoms with E-state index in [2.05, 4.69) is 20.8 Å². The molecule has 0 aromatic heterocycles. The fourth-order valence-electron chi connectivity index (χ4n) is 2.91. The van der Waals surface area contributed by atoms with Crippen LogP contribution >= 0.6 is 23.2 Å². The van der Waals surface area contributed by atoms with E-state index in [9.17, 15) is 0 Å². The van der Waals surface area contributed by atoms with Gasteiger partial charge >= 0.3 is 0 Å². The first-order valence-corrected chi connectivity index (χ1v) is 8.27. The summed E-state index contributed by atoms with van der Waals surface area (Å²) in [6, 6.07) is 13.8. The number of hydrogen-bond acceptors (Lipinski definition) is 2. The van der Waals surface area contributed by atoms with E-state index >= 15 is 0 Å². The van der Waals surface area contributed by atoms with Crippen LogP contribution in [0.15, 0.2) is 53.1 Å². The van der Waals surface area contributed by atoms with Crippen molar-refractivity contribution < 1.29 is 0 Å². The first-order valence-electron chi connectivity index (χ1n) is 7.52. The fraction of sp³-hybridized carbons (Fsp3) is 0.211. The van der Waals surface area contributed by atoms with Crippen LogP contribution in [0.1, 0.15) is 31.4 Å². The maximum Gasteiger partial charge on any atom is 0.0718 e. The van der Waals surface area contributed by atoms with Gasteiger partial charge in [0.15, 0.2) is 0 Å². The Kier molecular flexibility index (Phi) is 4.47. The lowest BCUT2D eigenvalue weighted by Gasteiger charge is -2.30. The monoisotopic (exact) mass is 344 g/mol. The molecule has 0 atom stereocenters. The Hall–Kier alpha value is -1.77. The smallest absolute Gasteiger partial charge is 0.0718 e. The summed E-state index contributed by atoms with van der Waals surface area (Å²) in [6.45, 7) is 6.26. The van der Waals surface area contributed by atoms with Gasteiger partial charge < -0.3 is 0 Å². The highest BCUT2D eigenvalue weighted by molar-refractivity contribution is 6.31. The molecular formula is C19H18Cl2N2. The molecule has 23 heavy (non-hydrogen) atoms. The van der Waals surface area contributed by atoms with Crippen molar-refractivity contribution in [3.63, 3.8) is 0 Å². The van der Waals surface area contributed by atoms with Crippen molar-refractivity contribution in [2.24, 2.45) is 5.10 Å². The van der Waals surface area contributed by atoms with Crippen LogP contribution in [0.2, 0.25) is 10.0 Å². The van der Waals surface area contributed by atoms with E-state index in [0.29, 0.717) is 0 Å². The van der Waals surface area contributed by atoms with Crippen molar-refractivity contribution in [3.8, 4) is 0 Å². The van der Waals surface area contributed by atoms with Crippen LogP contribution in [0.4, 0.5) is 5.69 Å². The maximum atomic E-state index is 6.10. The Labute approximate surface area is 147 Å². The minimum Gasteiger partial charge on any atom is -0.233 e. The molecule has 0 unspecified atom stereocenters. The molecule has 2 aromatic rings. The lowest BCUT2D eigenvalue weighted by Crippen LogP contribution is -2.23.